The van der Waals surface area contributed by atoms with Gasteiger partial charge in [0.2, 0.25) is 5.95 Å². The van der Waals surface area contributed by atoms with Crippen molar-refractivity contribution in [2.45, 2.75) is 25.8 Å². The van der Waals surface area contributed by atoms with Crippen molar-refractivity contribution in [2.24, 2.45) is 5.92 Å². The number of nitrogens with zero attached hydrogens (tertiary/aromatic N) is 4. The van der Waals surface area contributed by atoms with E-state index in [-0.39, 0.29) is 11.6 Å². The molecule has 2 atom stereocenters. The number of nitrogens with one attached hydrogen (secondary N) is 1. The highest BCUT2D eigenvalue weighted by molar-refractivity contribution is 5.76. The number of rotatable bonds is 3. The van der Waals surface area contributed by atoms with Crippen LogP contribution in [0, 0.1) is 5.92 Å². The molecule has 0 aliphatic carbocycles. The highest BCUT2D eigenvalue weighted by Crippen LogP contribution is 2.36. The van der Waals surface area contributed by atoms with Crippen molar-refractivity contribution in [3.8, 4) is 5.69 Å². The molecule has 1 fully saturated rings. The summed E-state index contributed by atoms with van der Waals surface area (Å²) in [7, 11) is 0. The molecule has 1 saturated heterocycles. The summed E-state index contributed by atoms with van der Waals surface area (Å²) in [5, 5.41) is 4.87. The number of hydrogen-bond donors (Lipinski definition) is 1. The first kappa shape index (κ1) is 16.8. The van der Waals surface area contributed by atoms with Crippen LogP contribution in [0.5, 0.6) is 0 Å². The van der Waals surface area contributed by atoms with Gasteiger partial charge < -0.3 is 9.32 Å². The van der Waals surface area contributed by atoms with E-state index in [1.54, 1.807) is 17.1 Å². The normalized spacial score (nSPS) is 20.0. The Kier molecular flexibility index (Phi) is 4.00. The molecule has 7 heteroatoms. The van der Waals surface area contributed by atoms with Crippen LogP contribution in [0.1, 0.15) is 31.6 Å². The lowest BCUT2D eigenvalue weighted by Gasteiger charge is -2.37. The molecule has 0 amide bonds. The Morgan fingerprint density at radius 2 is 2.04 bits per heavy atom. The third-order valence-electron chi connectivity index (χ3n) is 5.43. The van der Waals surface area contributed by atoms with E-state index < -0.39 is 0 Å². The molecule has 142 valence electrons. The molecule has 0 bridgehead atoms. The topological polar surface area (TPSA) is 80.0 Å². The van der Waals surface area contributed by atoms with Gasteiger partial charge >= 0.3 is 0 Å². The van der Waals surface area contributed by atoms with Gasteiger partial charge in [-0.2, -0.15) is 10.1 Å². The van der Waals surface area contributed by atoms with Gasteiger partial charge in [-0.05, 0) is 43.0 Å². The van der Waals surface area contributed by atoms with Crippen molar-refractivity contribution in [3.63, 3.8) is 0 Å². The van der Waals surface area contributed by atoms with Gasteiger partial charge in [-0.1, -0.05) is 25.1 Å². The predicted octanol–water partition coefficient (Wildman–Crippen LogP) is 3.68. The van der Waals surface area contributed by atoms with E-state index in [0.717, 1.165) is 30.8 Å². The first-order valence-corrected chi connectivity index (χ1v) is 9.54. The second-order valence-electron chi connectivity index (χ2n) is 7.37. The SMILES string of the molecule is CC1CCN(c2nc3c(cnn3-c3ccccc3)c(=O)[nH]2)C(c2ccco2)C1. The summed E-state index contributed by atoms with van der Waals surface area (Å²) >= 11 is 0. The highest BCUT2D eigenvalue weighted by Gasteiger charge is 2.31. The zero-order valence-electron chi connectivity index (χ0n) is 15.6. The summed E-state index contributed by atoms with van der Waals surface area (Å²) in [6, 6.07) is 13.7. The molecule has 7 nitrogen and oxygen atoms in total. The number of para-hydroxylation sites is 1. The molecule has 1 aliphatic heterocycles. The Hall–Kier alpha value is -3.35. The molecule has 4 heterocycles. The second-order valence-corrected chi connectivity index (χ2v) is 7.37. The van der Waals surface area contributed by atoms with Crippen LogP contribution in [0.3, 0.4) is 0 Å². The molecule has 2 unspecified atom stereocenters. The fourth-order valence-electron chi connectivity index (χ4n) is 3.95. The Morgan fingerprint density at radius 1 is 1.18 bits per heavy atom. The van der Waals surface area contributed by atoms with Gasteiger partial charge in [0.1, 0.15) is 11.1 Å². The lowest BCUT2D eigenvalue weighted by molar-refractivity contribution is 0.325. The summed E-state index contributed by atoms with van der Waals surface area (Å²) in [5.41, 5.74) is 1.25. The van der Waals surface area contributed by atoms with E-state index in [0.29, 0.717) is 22.9 Å². The minimum atomic E-state index is -0.181. The lowest BCUT2D eigenvalue weighted by Crippen LogP contribution is -2.38. The number of furan rings is 1. The number of aromatic nitrogens is 4. The minimum Gasteiger partial charge on any atom is -0.467 e. The van der Waals surface area contributed by atoms with Gasteiger partial charge in [0, 0.05) is 6.54 Å². The number of piperidine rings is 1. The number of anilines is 1. The molecule has 1 aliphatic rings. The van der Waals surface area contributed by atoms with Crippen molar-refractivity contribution in [3.05, 3.63) is 71.0 Å². The molecule has 0 saturated carbocycles. The van der Waals surface area contributed by atoms with E-state index in [1.165, 1.54) is 0 Å². The van der Waals surface area contributed by atoms with Crippen molar-refractivity contribution in [2.75, 3.05) is 11.4 Å². The van der Waals surface area contributed by atoms with Crippen LogP contribution >= 0.6 is 0 Å². The lowest BCUT2D eigenvalue weighted by atomic mass is 9.91. The van der Waals surface area contributed by atoms with Crippen molar-refractivity contribution in [1.82, 2.24) is 19.7 Å². The molecule has 5 rings (SSSR count). The Morgan fingerprint density at radius 3 is 2.82 bits per heavy atom. The van der Waals surface area contributed by atoms with Crippen LogP contribution in [-0.2, 0) is 0 Å². The zero-order valence-corrected chi connectivity index (χ0v) is 15.6. The van der Waals surface area contributed by atoms with Crippen molar-refractivity contribution < 1.29 is 4.42 Å². The number of hydrogen-bond acceptors (Lipinski definition) is 5. The van der Waals surface area contributed by atoms with Gasteiger partial charge in [-0.15, -0.1) is 0 Å². The molecular weight excluding hydrogens is 354 g/mol. The van der Waals surface area contributed by atoms with E-state index in [9.17, 15) is 4.79 Å². The molecule has 0 spiro atoms. The average Bonchev–Trinajstić information content (AvgIpc) is 3.39. The first-order chi connectivity index (χ1) is 13.7. The molecule has 28 heavy (non-hydrogen) atoms. The zero-order chi connectivity index (χ0) is 19.1. The molecule has 1 N–H and O–H groups in total. The third kappa shape index (κ3) is 2.79. The third-order valence-corrected chi connectivity index (χ3v) is 5.43. The summed E-state index contributed by atoms with van der Waals surface area (Å²) in [4.78, 5) is 22.7. The van der Waals surface area contributed by atoms with Crippen LogP contribution < -0.4 is 10.5 Å². The molecule has 4 aromatic rings. The summed E-state index contributed by atoms with van der Waals surface area (Å²) in [5.74, 6) is 2.03. The first-order valence-electron chi connectivity index (χ1n) is 9.54. The van der Waals surface area contributed by atoms with Crippen LogP contribution in [0.4, 0.5) is 5.95 Å². The van der Waals surface area contributed by atoms with Crippen molar-refractivity contribution in [1.29, 1.82) is 0 Å². The van der Waals surface area contributed by atoms with Gasteiger partial charge in [0.15, 0.2) is 5.65 Å². The van der Waals surface area contributed by atoms with Crippen LogP contribution in [-0.4, -0.2) is 26.3 Å². The fraction of sp³-hybridized carbons (Fsp3) is 0.286. The highest BCUT2D eigenvalue weighted by atomic mass is 16.3. The smallest absolute Gasteiger partial charge is 0.263 e. The van der Waals surface area contributed by atoms with Gasteiger partial charge in [-0.3, -0.25) is 9.78 Å². The maximum absolute atomic E-state index is 12.7. The average molecular weight is 375 g/mol. The monoisotopic (exact) mass is 375 g/mol. The summed E-state index contributed by atoms with van der Waals surface area (Å²) in [6.45, 7) is 3.05. The van der Waals surface area contributed by atoms with E-state index in [2.05, 4.69) is 21.9 Å². The molecule has 3 aromatic heterocycles. The van der Waals surface area contributed by atoms with Gasteiger partial charge in [-0.25, -0.2) is 4.68 Å². The maximum atomic E-state index is 12.7. The van der Waals surface area contributed by atoms with E-state index in [1.807, 2.05) is 42.5 Å². The molecule has 1 aromatic carbocycles. The van der Waals surface area contributed by atoms with Crippen molar-refractivity contribution >= 4 is 17.0 Å². The largest absolute Gasteiger partial charge is 0.467 e. The van der Waals surface area contributed by atoms with Crippen LogP contribution in [0.2, 0.25) is 0 Å². The number of aromatic amines is 1. The van der Waals surface area contributed by atoms with Crippen LogP contribution in [0.25, 0.3) is 16.7 Å². The Labute approximate surface area is 161 Å². The quantitative estimate of drug-likeness (QED) is 0.591. The number of benzene rings is 1. The summed E-state index contributed by atoms with van der Waals surface area (Å²) in [6.07, 6.45) is 5.25. The second kappa shape index (κ2) is 6.67. The molecule has 0 radical (unpaired) electrons. The Bertz CT molecular complexity index is 1150. The van der Waals surface area contributed by atoms with Gasteiger partial charge in [0.05, 0.1) is 24.2 Å². The molecular formula is C21H21N5O2. The fourth-order valence-corrected chi connectivity index (χ4v) is 3.95. The number of fused-ring (bicyclic) bond motifs is 1. The van der Waals surface area contributed by atoms with Crippen LogP contribution in [0.15, 0.2) is 64.1 Å². The van der Waals surface area contributed by atoms with E-state index in [4.69, 9.17) is 9.40 Å². The maximum Gasteiger partial charge on any atom is 0.263 e. The standard InChI is InChI=1S/C21H21N5O2/c1-14-9-10-25(17(12-14)18-8-5-11-28-18)21-23-19-16(20(27)24-21)13-22-26(19)15-6-3-2-4-7-15/h2-8,11,13-14,17H,9-10,12H2,1H3,(H,23,24,27). The number of H-pyrrole nitrogens is 1. The Balaban J connectivity index is 1.63. The minimum absolute atomic E-state index is 0.0486. The van der Waals surface area contributed by atoms with Gasteiger partial charge in [0.25, 0.3) is 5.56 Å². The summed E-state index contributed by atoms with van der Waals surface area (Å²) < 4.78 is 7.40. The predicted molar refractivity (Wildman–Crippen MR) is 107 cm³/mol. The van der Waals surface area contributed by atoms with E-state index >= 15 is 0 Å².